The average molecular weight is 841 g/mol. The average Bonchev–Trinajstić information content (AvgIpc) is 2.69. The van der Waals surface area contributed by atoms with Crippen LogP contribution in [0.15, 0.2) is 10.2 Å². The summed E-state index contributed by atoms with van der Waals surface area (Å²) in [6.07, 6.45) is 1.90. The van der Waals surface area contributed by atoms with Crippen molar-refractivity contribution in [1.29, 1.82) is 0 Å². The number of halogens is 4. The van der Waals surface area contributed by atoms with Crippen molar-refractivity contribution < 1.29 is 37.8 Å². The summed E-state index contributed by atoms with van der Waals surface area (Å²) in [5, 5.41) is 9.28. The van der Waals surface area contributed by atoms with E-state index in [0.717, 1.165) is 0 Å². The molecule has 170 valence electrons. The predicted octanol–water partition coefficient (Wildman–Crippen LogP) is 6.53. The molecule has 0 spiro atoms. The summed E-state index contributed by atoms with van der Waals surface area (Å²) in [6, 6.07) is -0.401. The number of hydrogen-bond donors (Lipinski definition) is 1. The topological polar surface area (TPSA) is 174 Å². The van der Waals surface area contributed by atoms with E-state index in [0.29, 0.717) is 32.2 Å². The van der Waals surface area contributed by atoms with E-state index in [1.165, 1.54) is 0 Å². The van der Waals surface area contributed by atoms with E-state index in [1.54, 1.807) is 0 Å². The third kappa shape index (κ3) is 37.3. The second-order valence-corrected chi connectivity index (χ2v) is 10.8. The molecule has 16 heteroatoms. The van der Waals surface area contributed by atoms with Crippen molar-refractivity contribution >= 4 is 43.6 Å². The van der Waals surface area contributed by atoms with Gasteiger partial charge in [-0.15, -0.1) is 13.1 Å². The first-order chi connectivity index (χ1) is 13.4. The van der Waals surface area contributed by atoms with Gasteiger partial charge in [-0.1, -0.05) is 10.2 Å². The van der Waals surface area contributed by atoms with E-state index in [9.17, 15) is 4.79 Å². The number of carbonyl (C=O) groups is 1. The van der Waals surface area contributed by atoms with Crippen LogP contribution in [0.1, 0.15) is 25.7 Å². The van der Waals surface area contributed by atoms with Gasteiger partial charge < -0.3 is 30.6 Å². The van der Waals surface area contributed by atoms with Crippen LogP contribution in [0.5, 0.6) is 0 Å². The zero-order valence-corrected chi connectivity index (χ0v) is 22.3. The third-order valence-corrected chi connectivity index (χ3v) is 2.47. The molecule has 0 saturated carbocycles. The van der Waals surface area contributed by atoms with Crippen LogP contribution >= 0.6 is 37.7 Å². The van der Waals surface area contributed by atoms with Gasteiger partial charge in [0, 0.05) is 22.8 Å². The van der Waals surface area contributed by atoms with Gasteiger partial charge in [0.05, 0.1) is 0 Å². The van der Waals surface area contributed by atoms with Gasteiger partial charge in [-0.3, -0.25) is 4.79 Å². The summed E-state index contributed by atoms with van der Waals surface area (Å²) in [5.41, 5.74) is 29.7. The van der Waals surface area contributed by atoms with Gasteiger partial charge in [0.2, 0.25) is 5.91 Å². The van der Waals surface area contributed by atoms with Crippen LogP contribution in [0.3, 0.4) is 0 Å². The summed E-state index contributed by atoms with van der Waals surface area (Å²) in [4.78, 5) is 16.3. The molecule has 2 unspecified atom stereocenters. The first-order valence-corrected chi connectivity index (χ1v) is 18.6. The first-order valence-electron chi connectivity index (χ1n) is 7.29. The van der Waals surface area contributed by atoms with E-state index in [2.05, 4.69) is 39.2 Å². The third-order valence-electron chi connectivity index (χ3n) is 2.47. The van der Waals surface area contributed by atoms with Gasteiger partial charge in [0.25, 0.3) is 0 Å². The summed E-state index contributed by atoms with van der Waals surface area (Å²) < 4.78 is 0. The van der Waals surface area contributed by atoms with E-state index >= 15 is 0 Å². The van der Waals surface area contributed by atoms with Gasteiger partial charge in [-0.2, -0.15) is 12.8 Å². The van der Waals surface area contributed by atoms with Crippen molar-refractivity contribution in [2.75, 3.05) is 19.6 Å². The Bertz CT molecular complexity index is 418. The van der Waals surface area contributed by atoms with Gasteiger partial charge in [-0.25, -0.2) is 0 Å². The predicted molar refractivity (Wildman–Crippen MR) is 110 cm³/mol. The van der Waals surface area contributed by atoms with Crippen LogP contribution in [-0.2, 0) is 37.8 Å². The number of nitrogens with one attached hydrogen (secondary N) is 3. The Labute approximate surface area is 199 Å². The Morgan fingerprint density at radius 1 is 1.07 bits per heavy atom. The second-order valence-electron chi connectivity index (χ2n) is 4.26. The molecule has 0 heterocycles. The van der Waals surface area contributed by atoms with Crippen molar-refractivity contribution in [2.45, 2.75) is 37.8 Å². The molecular formula is C12H23Cl4N9OPt2. The molecule has 1 amide bonds. The van der Waals surface area contributed by atoms with E-state index < -0.39 is 33.0 Å². The second kappa shape index (κ2) is 35.0. The molecule has 0 radical (unpaired) electrons. The fraction of sp³-hybridized carbons (Fsp3) is 0.750. The standard InChI is InChI=1S/C8H15N5O.C4H8N4.4ClH.2Pt/c1-2-7(6-9)12-8(14)4-3-5-11-13-10;1-2-4(3-5)7-8-6;;;;;;/h7,9H,1-6H2,(H,12,14);4-5H,1-3H2;4*1H;;/q2*-2;;;;;2*+4/p-4. The van der Waals surface area contributed by atoms with Crippen molar-refractivity contribution in [1.82, 2.24) is 5.32 Å². The Morgan fingerprint density at radius 3 is 1.89 bits per heavy atom. The van der Waals surface area contributed by atoms with Gasteiger partial charge in [0.15, 0.2) is 0 Å². The number of carbonyl (C=O) groups excluding carboxylic acids is 1. The maximum atomic E-state index is 11.2. The van der Waals surface area contributed by atoms with Gasteiger partial charge in [0.1, 0.15) is 0 Å². The van der Waals surface area contributed by atoms with Crippen LogP contribution in [0.25, 0.3) is 32.4 Å². The molecule has 0 bridgehead atoms. The van der Waals surface area contributed by atoms with E-state index in [-0.39, 0.29) is 31.1 Å². The molecular weight excluding hydrogens is 818 g/mol. The molecule has 0 aromatic carbocycles. The molecule has 0 saturated heterocycles. The molecule has 0 aliphatic carbocycles. The van der Waals surface area contributed by atoms with Crippen LogP contribution in [0.2, 0.25) is 0 Å². The van der Waals surface area contributed by atoms with Crippen molar-refractivity contribution in [3.63, 3.8) is 0 Å². The molecule has 10 nitrogen and oxygen atoms in total. The summed E-state index contributed by atoms with van der Waals surface area (Å²) >= 11 is -0.944. The number of azide groups is 2. The Balaban J connectivity index is -0.000000173. The monoisotopic (exact) mass is 839 g/mol. The molecule has 0 aliphatic rings. The normalized spacial score (nSPS) is 10.9. The van der Waals surface area contributed by atoms with Gasteiger partial charge >= 0.3 is 70.6 Å². The molecule has 28 heavy (non-hydrogen) atoms. The first kappa shape index (κ1) is 36.0. The quantitative estimate of drug-likeness (QED) is 0.0852. The molecule has 0 fully saturated rings. The zero-order valence-electron chi connectivity index (χ0n) is 14.8. The number of nitrogens with zero attached hydrogens (tertiary/aromatic N) is 6. The fourth-order valence-corrected chi connectivity index (χ4v) is 1.15. The van der Waals surface area contributed by atoms with Crippen molar-refractivity contribution in [2.24, 2.45) is 10.2 Å². The van der Waals surface area contributed by atoms with E-state index in [4.69, 9.17) is 60.2 Å². The SMILES string of the molecule is [CH2-]CC(C[NH-])N=[N+]=[N-].[CH2-]CC(C[NH-])NC(=O)CCCN=[N+]=[N-].[Cl][Pt+2][Cl].[Cl][Pt+2][Cl]. The van der Waals surface area contributed by atoms with Crippen molar-refractivity contribution in [3.8, 4) is 0 Å². The molecule has 2 atom stereocenters. The zero-order chi connectivity index (χ0) is 22.6. The molecule has 0 rings (SSSR count). The summed E-state index contributed by atoms with van der Waals surface area (Å²) in [7, 11) is 19.5. The van der Waals surface area contributed by atoms with Crippen LogP contribution in [0.4, 0.5) is 0 Å². The van der Waals surface area contributed by atoms with Crippen LogP contribution in [-0.4, -0.2) is 37.6 Å². The van der Waals surface area contributed by atoms with Crippen LogP contribution < -0.4 is 5.32 Å². The minimum atomic E-state index is -0.472. The van der Waals surface area contributed by atoms with E-state index in [1.807, 2.05) is 0 Å². The van der Waals surface area contributed by atoms with Gasteiger partial charge in [-0.05, 0) is 29.6 Å². The molecule has 3 N–H and O–H groups in total. The maximum absolute atomic E-state index is 11.2. The number of hydrogen-bond acceptors (Lipinski definition) is 3. The Morgan fingerprint density at radius 2 is 1.61 bits per heavy atom. The number of rotatable bonds is 10. The summed E-state index contributed by atoms with van der Waals surface area (Å²) in [5.74, 6) is -0.112. The molecule has 0 aliphatic heterocycles. The number of amides is 1. The summed E-state index contributed by atoms with van der Waals surface area (Å²) in [6.45, 7) is 7.72. The molecule has 0 aromatic heterocycles. The van der Waals surface area contributed by atoms with Crippen molar-refractivity contribution in [3.05, 3.63) is 46.2 Å². The minimum absolute atomic E-state index is 0.112. The molecule has 0 aromatic rings. The van der Waals surface area contributed by atoms with Crippen LogP contribution in [0, 0.1) is 13.8 Å². The Hall–Kier alpha value is 0.547. The Kier molecular flexibility index (Phi) is 45.0. The fourth-order valence-electron chi connectivity index (χ4n) is 1.15.